The molecule has 0 unspecified atom stereocenters. The van der Waals surface area contributed by atoms with E-state index >= 15 is 0 Å². The molecule has 2 aromatic carbocycles. The van der Waals surface area contributed by atoms with Crippen LogP contribution in [0.25, 0.3) is 0 Å². The standard InChI is InChI=1S/C21H26N2O5S/c1-16(2)28-19-8-6-17(7-9-19)15-22-21(24)18-4-3-5-20(14-18)29(25,26)23-10-12-27-13-11-23/h3-9,14,16H,10-13,15H2,1-2H3,(H,22,24). The number of nitrogens with zero attached hydrogens (tertiary/aromatic N) is 1. The van der Waals surface area contributed by atoms with Crippen molar-refractivity contribution in [2.24, 2.45) is 0 Å². The van der Waals surface area contributed by atoms with E-state index in [2.05, 4.69) is 5.32 Å². The van der Waals surface area contributed by atoms with Gasteiger partial charge in [-0.1, -0.05) is 18.2 Å². The van der Waals surface area contributed by atoms with Gasteiger partial charge in [0.05, 0.1) is 24.2 Å². The highest BCUT2D eigenvalue weighted by molar-refractivity contribution is 7.89. The zero-order chi connectivity index (χ0) is 20.9. The van der Waals surface area contributed by atoms with Gasteiger partial charge >= 0.3 is 0 Å². The summed E-state index contributed by atoms with van der Waals surface area (Å²) < 4.78 is 37.8. The van der Waals surface area contributed by atoms with E-state index in [0.29, 0.717) is 38.4 Å². The summed E-state index contributed by atoms with van der Waals surface area (Å²) in [4.78, 5) is 12.6. The van der Waals surface area contributed by atoms with Gasteiger partial charge in [0.15, 0.2) is 0 Å². The molecule has 0 radical (unpaired) electrons. The fourth-order valence-electron chi connectivity index (χ4n) is 2.98. The van der Waals surface area contributed by atoms with E-state index < -0.39 is 10.0 Å². The van der Waals surface area contributed by atoms with Gasteiger partial charge in [-0.15, -0.1) is 0 Å². The highest BCUT2D eigenvalue weighted by Crippen LogP contribution is 2.19. The molecule has 1 aliphatic rings. The maximum atomic E-state index is 12.8. The van der Waals surface area contributed by atoms with Gasteiger partial charge in [0.1, 0.15) is 5.75 Å². The summed E-state index contributed by atoms with van der Waals surface area (Å²) in [5, 5.41) is 2.83. The summed E-state index contributed by atoms with van der Waals surface area (Å²) in [6.45, 7) is 5.63. The molecule has 0 spiro atoms. The number of rotatable bonds is 7. The Bertz CT molecular complexity index is 936. The van der Waals surface area contributed by atoms with E-state index in [9.17, 15) is 13.2 Å². The molecule has 0 atom stereocenters. The van der Waals surface area contributed by atoms with Crippen LogP contribution in [0.2, 0.25) is 0 Å². The topological polar surface area (TPSA) is 84.9 Å². The summed E-state index contributed by atoms with van der Waals surface area (Å²) >= 11 is 0. The Morgan fingerprint density at radius 2 is 1.83 bits per heavy atom. The Hall–Kier alpha value is -2.42. The molecular formula is C21H26N2O5S. The zero-order valence-electron chi connectivity index (χ0n) is 16.6. The van der Waals surface area contributed by atoms with Crippen LogP contribution in [0.5, 0.6) is 5.75 Å². The van der Waals surface area contributed by atoms with Gasteiger partial charge in [-0.3, -0.25) is 4.79 Å². The SMILES string of the molecule is CC(C)Oc1ccc(CNC(=O)c2cccc(S(=O)(=O)N3CCOCC3)c2)cc1. The highest BCUT2D eigenvalue weighted by atomic mass is 32.2. The van der Waals surface area contributed by atoms with Crippen molar-refractivity contribution in [3.63, 3.8) is 0 Å². The number of ether oxygens (including phenoxy) is 2. The van der Waals surface area contributed by atoms with E-state index in [0.717, 1.165) is 11.3 Å². The Kier molecular flexibility index (Phi) is 6.89. The van der Waals surface area contributed by atoms with Crippen molar-refractivity contribution in [1.29, 1.82) is 0 Å². The molecule has 2 aromatic rings. The van der Waals surface area contributed by atoms with Crippen molar-refractivity contribution in [3.05, 3.63) is 59.7 Å². The van der Waals surface area contributed by atoms with Crippen LogP contribution >= 0.6 is 0 Å². The second kappa shape index (κ2) is 9.39. The third-order valence-corrected chi connectivity index (χ3v) is 6.35. The summed E-state index contributed by atoms with van der Waals surface area (Å²) in [5.74, 6) is 0.447. The predicted octanol–water partition coefficient (Wildman–Crippen LogP) is 2.42. The molecule has 1 saturated heterocycles. The maximum absolute atomic E-state index is 12.8. The first-order valence-corrected chi connectivity index (χ1v) is 11.0. The number of sulfonamides is 1. The second-order valence-electron chi connectivity index (χ2n) is 7.04. The fourth-order valence-corrected chi connectivity index (χ4v) is 4.43. The fraction of sp³-hybridized carbons (Fsp3) is 0.381. The van der Waals surface area contributed by atoms with Gasteiger partial charge in [-0.2, -0.15) is 4.31 Å². The number of nitrogens with one attached hydrogen (secondary N) is 1. The molecule has 8 heteroatoms. The number of hydrogen-bond donors (Lipinski definition) is 1. The summed E-state index contributed by atoms with van der Waals surface area (Å²) in [7, 11) is -3.64. The van der Waals surface area contributed by atoms with Crippen LogP contribution in [0.3, 0.4) is 0 Å². The third-order valence-electron chi connectivity index (χ3n) is 4.45. The Morgan fingerprint density at radius 1 is 1.14 bits per heavy atom. The van der Waals surface area contributed by atoms with Crippen LogP contribution in [-0.4, -0.2) is 51.0 Å². The lowest BCUT2D eigenvalue weighted by molar-refractivity contribution is 0.0730. The first-order chi connectivity index (χ1) is 13.9. The van der Waals surface area contributed by atoms with Crippen LogP contribution in [0.15, 0.2) is 53.4 Å². The minimum Gasteiger partial charge on any atom is -0.491 e. The van der Waals surface area contributed by atoms with E-state index in [1.165, 1.54) is 16.4 Å². The van der Waals surface area contributed by atoms with Gasteiger partial charge < -0.3 is 14.8 Å². The minimum absolute atomic E-state index is 0.0987. The average Bonchev–Trinajstić information content (AvgIpc) is 2.73. The van der Waals surface area contributed by atoms with Gasteiger partial charge in [0, 0.05) is 25.2 Å². The van der Waals surface area contributed by atoms with E-state index in [-0.39, 0.29) is 16.9 Å². The lowest BCUT2D eigenvalue weighted by atomic mass is 10.2. The van der Waals surface area contributed by atoms with Crippen molar-refractivity contribution in [3.8, 4) is 5.75 Å². The van der Waals surface area contributed by atoms with Crippen LogP contribution in [0.1, 0.15) is 29.8 Å². The maximum Gasteiger partial charge on any atom is 0.251 e. The molecule has 7 nitrogen and oxygen atoms in total. The highest BCUT2D eigenvalue weighted by Gasteiger charge is 2.26. The normalized spacial score (nSPS) is 15.3. The smallest absolute Gasteiger partial charge is 0.251 e. The van der Waals surface area contributed by atoms with Gasteiger partial charge in [0.25, 0.3) is 5.91 Å². The first kappa shape index (κ1) is 21.3. The largest absolute Gasteiger partial charge is 0.491 e. The van der Waals surface area contributed by atoms with Crippen LogP contribution in [0, 0.1) is 0 Å². The van der Waals surface area contributed by atoms with Crippen LogP contribution in [-0.2, 0) is 21.3 Å². The zero-order valence-corrected chi connectivity index (χ0v) is 17.4. The molecule has 1 N–H and O–H groups in total. The summed E-state index contributed by atoms with van der Waals surface area (Å²) in [6, 6.07) is 13.6. The number of morpholine rings is 1. The predicted molar refractivity (Wildman–Crippen MR) is 109 cm³/mol. The molecule has 0 aliphatic carbocycles. The summed E-state index contributed by atoms with van der Waals surface area (Å²) in [5.41, 5.74) is 1.23. The number of carbonyl (C=O) groups excluding carboxylic acids is 1. The molecule has 156 valence electrons. The van der Waals surface area contributed by atoms with Crippen LogP contribution in [0.4, 0.5) is 0 Å². The first-order valence-electron chi connectivity index (χ1n) is 9.58. The molecular weight excluding hydrogens is 392 g/mol. The minimum atomic E-state index is -3.64. The van der Waals surface area contributed by atoms with E-state index in [1.807, 2.05) is 38.1 Å². The average molecular weight is 419 g/mol. The number of carbonyl (C=O) groups is 1. The van der Waals surface area contributed by atoms with Crippen molar-refractivity contribution in [2.45, 2.75) is 31.4 Å². The number of benzene rings is 2. The van der Waals surface area contributed by atoms with Crippen molar-refractivity contribution in [1.82, 2.24) is 9.62 Å². The Morgan fingerprint density at radius 3 is 2.48 bits per heavy atom. The molecule has 1 fully saturated rings. The van der Waals surface area contributed by atoms with Gasteiger partial charge in [0.2, 0.25) is 10.0 Å². The lowest BCUT2D eigenvalue weighted by Crippen LogP contribution is -2.40. The second-order valence-corrected chi connectivity index (χ2v) is 8.98. The van der Waals surface area contributed by atoms with Crippen molar-refractivity contribution < 1.29 is 22.7 Å². The monoisotopic (exact) mass is 418 g/mol. The van der Waals surface area contributed by atoms with E-state index in [1.54, 1.807) is 12.1 Å². The molecule has 0 aromatic heterocycles. The molecule has 1 amide bonds. The Balaban J connectivity index is 1.65. The molecule has 0 bridgehead atoms. The number of amides is 1. The molecule has 1 aliphatic heterocycles. The molecule has 3 rings (SSSR count). The van der Waals surface area contributed by atoms with Crippen LogP contribution < -0.4 is 10.1 Å². The Labute approximate surface area is 171 Å². The number of hydrogen-bond acceptors (Lipinski definition) is 5. The molecule has 0 saturated carbocycles. The third kappa shape index (κ3) is 5.56. The van der Waals surface area contributed by atoms with Crippen molar-refractivity contribution in [2.75, 3.05) is 26.3 Å². The molecule has 1 heterocycles. The summed E-state index contributed by atoms with van der Waals surface area (Å²) in [6.07, 6.45) is 0.0987. The lowest BCUT2D eigenvalue weighted by Gasteiger charge is -2.26. The van der Waals surface area contributed by atoms with Gasteiger partial charge in [-0.25, -0.2) is 8.42 Å². The van der Waals surface area contributed by atoms with E-state index in [4.69, 9.17) is 9.47 Å². The molecule has 29 heavy (non-hydrogen) atoms. The van der Waals surface area contributed by atoms with Gasteiger partial charge in [-0.05, 0) is 49.7 Å². The quantitative estimate of drug-likeness (QED) is 0.747. The van der Waals surface area contributed by atoms with Crippen molar-refractivity contribution >= 4 is 15.9 Å².